The molecule has 1 atom stereocenters. The van der Waals surface area contributed by atoms with Crippen molar-refractivity contribution < 1.29 is 8.42 Å². The second-order valence-corrected chi connectivity index (χ2v) is 6.26. The first-order valence-electron chi connectivity index (χ1n) is 5.85. The van der Waals surface area contributed by atoms with Crippen molar-refractivity contribution in [2.24, 2.45) is 5.14 Å². The summed E-state index contributed by atoms with van der Waals surface area (Å²) >= 11 is 0. The maximum Gasteiger partial charge on any atom is 0.210 e. The lowest BCUT2D eigenvalue weighted by Crippen LogP contribution is -2.38. The van der Waals surface area contributed by atoms with Gasteiger partial charge in [-0.25, -0.2) is 13.6 Å². The molecule has 0 saturated carbocycles. The van der Waals surface area contributed by atoms with Crippen molar-refractivity contribution in [3.63, 3.8) is 0 Å². The van der Waals surface area contributed by atoms with E-state index in [9.17, 15) is 8.42 Å². The smallest absolute Gasteiger partial charge is 0.210 e. The highest BCUT2D eigenvalue weighted by Crippen LogP contribution is 2.20. The minimum Gasteiger partial charge on any atom is -0.313 e. The van der Waals surface area contributed by atoms with Crippen LogP contribution in [0.25, 0.3) is 0 Å². The number of aryl methyl sites for hydroxylation is 1. The van der Waals surface area contributed by atoms with Gasteiger partial charge in [-0.2, -0.15) is 0 Å². The van der Waals surface area contributed by atoms with E-state index in [4.69, 9.17) is 5.14 Å². The fraction of sp³-hybridized carbons (Fsp3) is 0.500. The number of nitrogens with one attached hydrogen (secondary N) is 1. The molecule has 1 unspecified atom stereocenters. The lowest BCUT2D eigenvalue weighted by atomic mass is 9.88. The van der Waals surface area contributed by atoms with Gasteiger partial charge in [-0.3, -0.25) is 0 Å². The third kappa shape index (κ3) is 3.80. The summed E-state index contributed by atoms with van der Waals surface area (Å²) in [6, 6.07) is 8.78. The van der Waals surface area contributed by atoms with E-state index in [0.29, 0.717) is 12.6 Å². The van der Waals surface area contributed by atoms with Crippen LogP contribution in [0.15, 0.2) is 24.3 Å². The molecule has 3 N–H and O–H groups in total. The molecule has 0 fully saturated rings. The van der Waals surface area contributed by atoms with Crippen LogP contribution in [-0.4, -0.2) is 26.8 Å². The standard InChI is InChI=1S/C12H18N2O2S/c13-17(15,16)8-7-14-12-6-5-10-3-1-2-4-11(10)9-12/h1-4,12,14H,5-9H2,(H2,13,15,16). The molecular weight excluding hydrogens is 236 g/mol. The summed E-state index contributed by atoms with van der Waals surface area (Å²) in [7, 11) is -3.35. The number of nitrogens with two attached hydrogens (primary N) is 1. The van der Waals surface area contributed by atoms with Crippen molar-refractivity contribution in [3.05, 3.63) is 35.4 Å². The summed E-state index contributed by atoms with van der Waals surface area (Å²) in [5.74, 6) is 0.00511. The van der Waals surface area contributed by atoms with Crippen LogP contribution in [0.1, 0.15) is 17.5 Å². The molecule has 5 heteroatoms. The summed E-state index contributed by atoms with van der Waals surface area (Å²) in [5, 5.41) is 8.22. The predicted molar refractivity (Wildman–Crippen MR) is 68.2 cm³/mol. The van der Waals surface area contributed by atoms with Gasteiger partial charge in [0.15, 0.2) is 0 Å². The molecule has 0 heterocycles. The van der Waals surface area contributed by atoms with Crippen molar-refractivity contribution in [1.29, 1.82) is 0 Å². The topological polar surface area (TPSA) is 72.2 Å². The summed E-state index contributed by atoms with van der Waals surface area (Å²) < 4.78 is 21.6. The average Bonchev–Trinajstić information content (AvgIpc) is 2.27. The largest absolute Gasteiger partial charge is 0.313 e. The molecule has 17 heavy (non-hydrogen) atoms. The van der Waals surface area contributed by atoms with E-state index < -0.39 is 10.0 Å². The van der Waals surface area contributed by atoms with Crippen molar-refractivity contribution in [1.82, 2.24) is 5.32 Å². The van der Waals surface area contributed by atoms with Crippen LogP contribution in [0, 0.1) is 0 Å². The van der Waals surface area contributed by atoms with E-state index in [1.165, 1.54) is 11.1 Å². The first kappa shape index (κ1) is 12.5. The Hall–Kier alpha value is -0.910. The Kier molecular flexibility index (Phi) is 3.81. The van der Waals surface area contributed by atoms with E-state index in [2.05, 4.69) is 23.5 Å². The van der Waals surface area contributed by atoms with Crippen LogP contribution < -0.4 is 10.5 Å². The molecule has 4 nitrogen and oxygen atoms in total. The highest BCUT2D eigenvalue weighted by atomic mass is 32.2. The van der Waals surface area contributed by atoms with Gasteiger partial charge < -0.3 is 5.32 Å². The SMILES string of the molecule is NS(=O)(=O)CCNC1CCc2ccccc2C1. The van der Waals surface area contributed by atoms with Gasteiger partial charge in [0.2, 0.25) is 10.0 Å². The number of primary sulfonamides is 1. The second-order valence-electron chi connectivity index (χ2n) is 4.53. The molecule has 0 aromatic heterocycles. The molecule has 1 aromatic rings. The zero-order valence-corrected chi connectivity index (χ0v) is 10.5. The summed E-state index contributed by atoms with van der Waals surface area (Å²) in [6.45, 7) is 0.436. The zero-order chi connectivity index (χ0) is 12.3. The third-order valence-electron chi connectivity index (χ3n) is 3.17. The van der Waals surface area contributed by atoms with E-state index in [0.717, 1.165) is 19.3 Å². The number of hydrogen-bond acceptors (Lipinski definition) is 3. The molecule has 0 spiro atoms. The minimum absolute atomic E-state index is 0.00511. The highest BCUT2D eigenvalue weighted by Gasteiger charge is 2.17. The van der Waals surface area contributed by atoms with Gasteiger partial charge in [-0.15, -0.1) is 0 Å². The molecule has 0 aliphatic heterocycles. The highest BCUT2D eigenvalue weighted by molar-refractivity contribution is 7.89. The average molecular weight is 254 g/mol. The van der Waals surface area contributed by atoms with Crippen molar-refractivity contribution in [3.8, 4) is 0 Å². The molecule has 0 bridgehead atoms. The van der Waals surface area contributed by atoms with Crippen LogP contribution in [0.3, 0.4) is 0 Å². The van der Waals surface area contributed by atoms with Crippen molar-refractivity contribution in [2.45, 2.75) is 25.3 Å². The van der Waals surface area contributed by atoms with Gasteiger partial charge in [0.1, 0.15) is 0 Å². The molecule has 94 valence electrons. The number of sulfonamides is 1. The van der Waals surface area contributed by atoms with Gasteiger partial charge >= 0.3 is 0 Å². The lowest BCUT2D eigenvalue weighted by Gasteiger charge is -2.25. The van der Waals surface area contributed by atoms with Gasteiger partial charge in [0, 0.05) is 12.6 Å². The maximum atomic E-state index is 10.8. The van der Waals surface area contributed by atoms with Crippen LogP contribution in [0.2, 0.25) is 0 Å². The Balaban J connectivity index is 1.86. The van der Waals surface area contributed by atoms with Gasteiger partial charge in [-0.1, -0.05) is 24.3 Å². The third-order valence-corrected chi connectivity index (χ3v) is 3.94. The molecule has 1 aliphatic rings. The van der Waals surface area contributed by atoms with E-state index >= 15 is 0 Å². The van der Waals surface area contributed by atoms with Crippen LogP contribution in [0.5, 0.6) is 0 Å². The maximum absolute atomic E-state index is 10.8. The molecule has 0 radical (unpaired) electrons. The summed E-state index contributed by atoms with van der Waals surface area (Å²) in [4.78, 5) is 0. The van der Waals surface area contributed by atoms with Crippen LogP contribution in [0.4, 0.5) is 0 Å². The van der Waals surface area contributed by atoms with Crippen molar-refractivity contribution in [2.75, 3.05) is 12.3 Å². The fourth-order valence-corrected chi connectivity index (χ4v) is 2.68. The second kappa shape index (κ2) is 5.16. The summed E-state index contributed by atoms with van der Waals surface area (Å²) in [6.07, 6.45) is 3.09. The van der Waals surface area contributed by atoms with E-state index in [1.807, 2.05) is 6.07 Å². The molecule has 0 saturated heterocycles. The zero-order valence-electron chi connectivity index (χ0n) is 9.72. The molecule has 2 rings (SSSR count). The lowest BCUT2D eigenvalue weighted by molar-refractivity contribution is 0.469. The van der Waals surface area contributed by atoms with Gasteiger partial charge in [-0.05, 0) is 30.4 Å². The number of hydrogen-bond donors (Lipinski definition) is 2. The Morgan fingerprint density at radius 3 is 2.71 bits per heavy atom. The van der Waals surface area contributed by atoms with E-state index in [-0.39, 0.29) is 5.75 Å². The van der Waals surface area contributed by atoms with Gasteiger partial charge in [0.25, 0.3) is 0 Å². The summed E-state index contributed by atoms with van der Waals surface area (Å²) in [5.41, 5.74) is 2.78. The van der Waals surface area contributed by atoms with Crippen LogP contribution >= 0.6 is 0 Å². The van der Waals surface area contributed by atoms with E-state index in [1.54, 1.807) is 0 Å². The number of fused-ring (bicyclic) bond motifs is 1. The normalized spacial score (nSPS) is 19.9. The first-order valence-corrected chi connectivity index (χ1v) is 7.57. The first-order chi connectivity index (χ1) is 8.04. The van der Waals surface area contributed by atoms with Crippen LogP contribution in [-0.2, 0) is 22.9 Å². The monoisotopic (exact) mass is 254 g/mol. The van der Waals surface area contributed by atoms with Crippen molar-refractivity contribution >= 4 is 10.0 Å². The quantitative estimate of drug-likeness (QED) is 0.818. The Bertz CT molecular complexity index is 485. The Morgan fingerprint density at radius 1 is 1.29 bits per heavy atom. The molecule has 0 amide bonds. The number of rotatable bonds is 4. The Morgan fingerprint density at radius 2 is 2.00 bits per heavy atom. The molecule has 1 aromatic carbocycles. The number of benzene rings is 1. The fourth-order valence-electron chi connectivity index (χ4n) is 2.28. The minimum atomic E-state index is -3.35. The molecule has 1 aliphatic carbocycles. The molecular formula is C12H18N2O2S. The predicted octanol–water partition coefficient (Wildman–Crippen LogP) is 0.422. The van der Waals surface area contributed by atoms with Gasteiger partial charge in [0.05, 0.1) is 5.75 Å². The Labute approximate surface area is 102 Å².